The van der Waals surface area contributed by atoms with Gasteiger partial charge in [-0.2, -0.15) is 10.2 Å². The van der Waals surface area contributed by atoms with Crippen molar-refractivity contribution in [1.82, 2.24) is 0 Å². The van der Waals surface area contributed by atoms with Gasteiger partial charge in [0.1, 0.15) is 11.9 Å². The van der Waals surface area contributed by atoms with Gasteiger partial charge in [0.05, 0.1) is 11.4 Å². The molecule has 1 atom stereocenters. The van der Waals surface area contributed by atoms with Crippen LogP contribution in [0.25, 0.3) is 0 Å². The molecule has 2 N–H and O–H groups in total. The van der Waals surface area contributed by atoms with Crippen molar-refractivity contribution in [2.45, 2.75) is 6.10 Å². The SMILES string of the molecule is O=C(c1ccccc1)C(O)c1cc(N=Nc2ccccc2)ccc1O. The molecule has 0 aromatic heterocycles. The van der Waals surface area contributed by atoms with E-state index in [9.17, 15) is 15.0 Å². The molecule has 0 fully saturated rings. The predicted molar refractivity (Wildman–Crippen MR) is 94.5 cm³/mol. The fraction of sp³-hybridized carbons (Fsp3) is 0.0500. The highest BCUT2D eigenvalue weighted by atomic mass is 16.3. The molecule has 1 unspecified atom stereocenters. The van der Waals surface area contributed by atoms with Crippen LogP contribution in [0.4, 0.5) is 11.4 Å². The number of aromatic hydroxyl groups is 1. The minimum atomic E-state index is -1.48. The molecular formula is C20H16N2O3. The first-order valence-corrected chi connectivity index (χ1v) is 7.72. The summed E-state index contributed by atoms with van der Waals surface area (Å²) in [5, 5.41) is 28.5. The van der Waals surface area contributed by atoms with E-state index in [0.29, 0.717) is 16.9 Å². The van der Waals surface area contributed by atoms with Crippen LogP contribution in [0.15, 0.2) is 89.1 Å². The summed E-state index contributed by atoms with van der Waals surface area (Å²) in [5.74, 6) is -0.663. The maximum Gasteiger partial charge on any atom is 0.195 e. The molecule has 0 saturated carbocycles. The third kappa shape index (κ3) is 3.97. The molecule has 3 aromatic rings. The number of hydrogen-bond acceptors (Lipinski definition) is 5. The van der Waals surface area contributed by atoms with Crippen LogP contribution in [-0.4, -0.2) is 16.0 Å². The molecule has 5 heteroatoms. The van der Waals surface area contributed by atoms with Crippen LogP contribution in [0.5, 0.6) is 5.75 Å². The number of ketones is 1. The van der Waals surface area contributed by atoms with Crippen molar-refractivity contribution in [3.63, 3.8) is 0 Å². The Kier molecular flexibility index (Phi) is 4.97. The van der Waals surface area contributed by atoms with Crippen molar-refractivity contribution < 1.29 is 15.0 Å². The Hall–Kier alpha value is -3.31. The highest BCUT2D eigenvalue weighted by molar-refractivity contribution is 6.00. The van der Waals surface area contributed by atoms with Crippen molar-refractivity contribution >= 4 is 17.2 Å². The van der Waals surface area contributed by atoms with E-state index in [1.165, 1.54) is 12.1 Å². The molecule has 5 nitrogen and oxygen atoms in total. The van der Waals surface area contributed by atoms with Crippen LogP contribution < -0.4 is 0 Å². The number of phenols is 1. The van der Waals surface area contributed by atoms with Crippen molar-refractivity contribution in [1.29, 1.82) is 0 Å². The molecule has 0 bridgehead atoms. The Morgan fingerprint density at radius 1 is 0.800 bits per heavy atom. The van der Waals surface area contributed by atoms with Gasteiger partial charge in [0.25, 0.3) is 0 Å². The van der Waals surface area contributed by atoms with Gasteiger partial charge >= 0.3 is 0 Å². The average Bonchev–Trinajstić information content (AvgIpc) is 2.67. The molecule has 0 aliphatic heterocycles. The number of benzene rings is 3. The number of Topliss-reactive ketones (excluding diaryl/α,β-unsaturated/α-hetero) is 1. The number of azo groups is 1. The molecule has 0 heterocycles. The molecule has 0 spiro atoms. The third-order valence-corrected chi connectivity index (χ3v) is 3.65. The molecule has 0 aliphatic rings. The van der Waals surface area contributed by atoms with Crippen molar-refractivity contribution in [2.75, 3.05) is 0 Å². The van der Waals surface area contributed by atoms with Gasteiger partial charge in [-0.3, -0.25) is 4.79 Å². The van der Waals surface area contributed by atoms with Crippen molar-refractivity contribution in [2.24, 2.45) is 10.2 Å². The molecule has 124 valence electrons. The lowest BCUT2D eigenvalue weighted by molar-refractivity contribution is 0.0742. The zero-order valence-electron chi connectivity index (χ0n) is 13.3. The Bertz CT molecular complexity index is 893. The maximum atomic E-state index is 12.4. The second kappa shape index (κ2) is 7.51. The lowest BCUT2D eigenvalue weighted by Gasteiger charge is -2.12. The summed E-state index contributed by atoms with van der Waals surface area (Å²) >= 11 is 0. The monoisotopic (exact) mass is 332 g/mol. The standard InChI is InChI=1S/C20H16N2O3/c23-18-12-11-16(22-21-15-9-5-2-6-10-15)13-17(18)20(25)19(24)14-7-3-1-4-8-14/h1-13,20,23,25H. The van der Waals surface area contributed by atoms with Crippen molar-refractivity contribution in [3.05, 3.63) is 90.0 Å². The van der Waals surface area contributed by atoms with Crippen LogP contribution in [0.3, 0.4) is 0 Å². The lowest BCUT2D eigenvalue weighted by Crippen LogP contribution is -2.12. The molecular weight excluding hydrogens is 316 g/mol. The minimum absolute atomic E-state index is 0.0957. The summed E-state index contributed by atoms with van der Waals surface area (Å²) in [5.41, 5.74) is 1.57. The summed E-state index contributed by atoms with van der Waals surface area (Å²) < 4.78 is 0. The molecule has 0 aliphatic carbocycles. The summed E-state index contributed by atoms with van der Waals surface area (Å²) in [4.78, 5) is 12.4. The minimum Gasteiger partial charge on any atom is -0.508 e. The number of rotatable bonds is 5. The fourth-order valence-electron chi connectivity index (χ4n) is 2.33. The van der Waals surface area contributed by atoms with E-state index in [1.807, 2.05) is 18.2 Å². The summed E-state index contributed by atoms with van der Waals surface area (Å²) in [6.07, 6.45) is -1.48. The second-order valence-corrected chi connectivity index (χ2v) is 5.41. The van der Waals surface area contributed by atoms with E-state index in [-0.39, 0.29) is 11.3 Å². The predicted octanol–water partition coefficient (Wildman–Crippen LogP) is 4.72. The molecule has 3 aromatic carbocycles. The van der Waals surface area contributed by atoms with Gasteiger partial charge in [-0.1, -0.05) is 48.5 Å². The van der Waals surface area contributed by atoms with E-state index in [0.717, 1.165) is 0 Å². The van der Waals surface area contributed by atoms with Gasteiger partial charge in [0.2, 0.25) is 0 Å². The highest BCUT2D eigenvalue weighted by Gasteiger charge is 2.22. The number of hydrogen-bond donors (Lipinski definition) is 2. The Morgan fingerprint density at radius 2 is 1.40 bits per heavy atom. The molecule has 0 radical (unpaired) electrons. The Labute approximate surface area is 144 Å². The zero-order valence-corrected chi connectivity index (χ0v) is 13.3. The smallest absolute Gasteiger partial charge is 0.195 e. The first-order chi connectivity index (χ1) is 12.1. The summed E-state index contributed by atoms with van der Waals surface area (Å²) in [6.45, 7) is 0. The zero-order chi connectivity index (χ0) is 17.6. The van der Waals surface area contributed by atoms with Gasteiger partial charge in [-0.25, -0.2) is 0 Å². The number of aliphatic hydroxyl groups is 1. The van der Waals surface area contributed by atoms with Crippen LogP contribution in [0.2, 0.25) is 0 Å². The average molecular weight is 332 g/mol. The quantitative estimate of drug-likeness (QED) is 0.523. The molecule has 0 saturated heterocycles. The largest absolute Gasteiger partial charge is 0.508 e. The number of phenolic OH excluding ortho intramolecular Hbond substituents is 1. The summed E-state index contributed by atoms with van der Waals surface area (Å²) in [7, 11) is 0. The van der Waals surface area contributed by atoms with Crippen LogP contribution >= 0.6 is 0 Å². The highest BCUT2D eigenvalue weighted by Crippen LogP contribution is 2.31. The Morgan fingerprint density at radius 3 is 2.08 bits per heavy atom. The van der Waals surface area contributed by atoms with Crippen LogP contribution in [0, 0.1) is 0 Å². The number of carbonyl (C=O) groups excluding carboxylic acids is 1. The summed E-state index contributed by atoms with van der Waals surface area (Å²) in [6, 6.07) is 22.0. The van der Waals surface area contributed by atoms with Gasteiger partial charge < -0.3 is 10.2 Å². The van der Waals surface area contributed by atoms with Gasteiger partial charge in [0, 0.05) is 11.1 Å². The number of carbonyl (C=O) groups is 1. The fourth-order valence-corrected chi connectivity index (χ4v) is 2.33. The second-order valence-electron chi connectivity index (χ2n) is 5.41. The normalized spacial score (nSPS) is 12.2. The van der Waals surface area contributed by atoms with E-state index < -0.39 is 11.9 Å². The first-order valence-electron chi connectivity index (χ1n) is 7.72. The molecule has 0 amide bonds. The van der Waals surface area contributed by atoms with Crippen molar-refractivity contribution in [3.8, 4) is 5.75 Å². The maximum absolute atomic E-state index is 12.4. The number of aliphatic hydroxyl groups excluding tert-OH is 1. The van der Waals surface area contributed by atoms with Gasteiger partial charge in [-0.15, -0.1) is 0 Å². The first kappa shape index (κ1) is 16.5. The van der Waals surface area contributed by atoms with E-state index in [2.05, 4.69) is 10.2 Å². The topological polar surface area (TPSA) is 82.2 Å². The molecule has 3 rings (SSSR count). The van der Waals surface area contributed by atoms with Crippen LogP contribution in [-0.2, 0) is 0 Å². The van der Waals surface area contributed by atoms with E-state index in [4.69, 9.17) is 0 Å². The lowest BCUT2D eigenvalue weighted by atomic mass is 9.99. The van der Waals surface area contributed by atoms with Crippen LogP contribution in [0.1, 0.15) is 22.0 Å². The van der Waals surface area contributed by atoms with Gasteiger partial charge in [0.15, 0.2) is 5.78 Å². The number of nitrogens with zero attached hydrogens (tertiary/aromatic N) is 2. The van der Waals surface area contributed by atoms with E-state index in [1.54, 1.807) is 48.5 Å². The Balaban J connectivity index is 1.86. The van der Waals surface area contributed by atoms with Gasteiger partial charge in [-0.05, 0) is 30.3 Å². The third-order valence-electron chi connectivity index (χ3n) is 3.65. The molecule has 25 heavy (non-hydrogen) atoms. The van der Waals surface area contributed by atoms with E-state index >= 15 is 0 Å².